The topological polar surface area (TPSA) is 40.6 Å². The lowest BCUT2D eigenvalue weighted by Crippen LogP contribution is -2.45. The second-order valence-electron chi connectivity index (χ2n) is 5.71. The highest BCUT2D eigenvalue weighted by Gasteiger charge is 2.45. The summed E-state index contributed by atoms with van der Waals surface area (Å²) < 4.78 is -0.293. The van der Waals surface area contributed by atoms with Crippen molar-refractivity contribution in [3.05, 3.63) is 0 Å². The van der Waals surface area contributed by atoms with Gasteiger partial charge < -0.3 is 0 Å². The first-order valence-electron chi connectivity index (χ1n) is 5.66. The highest BCUT2D eigenvalue weighted by molar-refractivity contribution is 8.15. The van der Waals surface area contributed by atoms with Gasteiger partial charge in [-0.25, -0.2) is 0 Å². The molecule has 0 radical (unpaired) electrons. The van der Waals surface area contributed by atoms with Crippen molar-refractivity contribution >= 4 is 51.3 Å². The smallest absolute Gasteiger partial charge is 0.278 e. The number of carbonyl (C=O) groups is 2. The van der Waals surface area contributed by atoms with E-state index in [0.29, 0.717) is 18.2 Å². The molecule has 100 valence electrons. The second-order valence-corrected chi connectivity index (χ2v) is 9.39. The molecule has 2 aliphatic rings. The molecule has 2 rings (SSSR count). The Bertz CT molecular complexity index is 396. The lowest BCUT2D eigenvalue weighted by Gasteiger charge is -2.25. The summed E-state index contributed by atoms with van der Waals surface area (Å²) >= 11 is 7.86. The van der Waals surface area contributed by atoms with E-state index >= 15 is 0 Å². The molecule has 0 N–H and O–H groups in total. The van der Waals surface area contributed by atoms with Gasteiger partial charge in [-0.3, -0.25) is 19.4 Å². The van der Waals surface area contributed by atoms with Crippen molar-refractivity contribution in [2.24, 2.45) is 0 Å². The van der Waals surface area contributed by atoms with Gasteiger partial charge in [0.05, 0.1) is 0 Å². The number of amides is 2. The van der Waals surface area contributed by atoms with Crippen LogP contribution < -0.4 is 0 Å². The lowest BCUT2D eigenvalue weighted by atomic mass is 10.2. The Morgan fingerprint density at radius 2 is 1.33 bits per heavy atom. The number of thiocarbonyl (C=S) groups is 1. The van der Waals surface area contributed by atoms with Crippen LogP contribution in [-0.2, 0) is 0 Å². The van der Waals surface area contributed by atoms with Crippen LogP contribution in [0, 0.1) is 0 Å². The van der Waals surface area contributed by atoms with Crippen molar-refractivity contribution < 1.29 is 9.59 Å². The molecule has 0 unspecified atom stereocenters. The van der Waals surface area contributed by atoms with Crippen molar-refractivity contribution in [3.63, 3.8) is 0 Å². The first-order chi connectivity index (χ1) is 8.11. The molecule has 7 heteroatoms. The lowest BCUT2D eigenvalue weighted by molar-refractivity contribution is 0.234. The molecule has 2 fully saturated rings. The molecule has 0 aliphatic carbocycles. The molecule has 0 aromatic heterocycles. The fourth-order valence-electron chi connectivity index (χ4n) is 1.98. The zero-order valence-corrected chi connectivity index (χ0v) is 13.3. The quantitative estimate of drug-likeness (QED) is 0.643. The highest BCUT2D eigenvalue weighted by Crippen LogP contribution is 2.39. The molecule has 2 aliphatic heterocycles. The number of nitrogens with zero attached hydrogens (tertiary/aromatic N) is 2. The zero-order chi connectivity index (χ0) is 13.7. The summed E-state index contributed by atoms with van der Waals surface area (Å²) in [4.78, 5) is 26.9. The van der Waals surface area contributed by atoms with Gasteiger partial charge in [-0.05, 0) is 39.9 Å². The third kappa shape index (κ3) is 2.67. The zero-order valence-electron chi connectivity index (χ0n) is 10.8. The molecule has 0 atom stereocenters. The van der Waals surface area contributed by atoms with E-state index in [9.17, 15) is 9.59 Å². The van der Waals surface area contributed by atoms with Crippen LogP contribution in [0.5, 0.6) is 0 Å². The Balaban J connectivity index is 2.14. The van der Waals surface area contributed by atoms with Crippen LogP contribution in [0.4, 0.5) is 9.59 Å². The van der Waals surface area contributed by atoms with E-state index < -0.39 is 0 Å². The normalized spacial score (nSPS) is 26.0. The first kappa shape index (κ1) is 14.1. The van der Waals surface area contributed by atoms with Gasteiger partial charge >= 0.3 is 0 Å². The van der Waals surface area contributed by atoms with E-state index in [0.717, 1.165) is 0 Å². The molecule has 2 heterocycles. The summed E-state index contributed by atoms with van der Waals surface area (Å²) in [6.45, 7) is 9.13. The molecule has 0 spiro atoms. The van der Waals surface area contributed by atoms with Crippen LogP contribution in [-0.4, -0.2) is 48.0 Å². The van der Waals surface area contributed by atoms with Crippen LogP contribution in [0.25, 0.3) is 0 Å². The van der Waals surface area contributed by atoms with E-state index in [-0.39, 0.29) is 20.0 Å². The third-order valence-corrected chi connectivity index (χ3v) is 5.30. The molecule has 18 heavy (non-hydrogen) atoms. The standard InChI is InChI=1S/C11H16N2O2S3/c1-10(2)5-12(8(14)17-10)7(16)13-6-11(3,4)18-9(13)15/h5-6H2,1-4H3. The minimum atomic E-state index is -0.146. The Labute approximate surface area is 121 Å². The summed E-state index contributed by atoms with van der Waals surface area (Å²) in [5, 5.41) is 0.223. The third-order valence-electron chi connectivity index (χ3n) is 2.71. The van der Waals surface area contributed by atoms with Gasteiger partial charge in [0, 0.05) is 22.6 Å². The van der Waals surface area contributed by atoms with Gasteiger partial charge in [-0.2, -0.15) is 0 Å². The molecule has 0 aromatic rings. The summed E-state index contributed by atoms with van der Waals surface area (Å²) in [6.07, 6.45) is 0. The van der Waals surface area contributed by atoms with Crippen molar-refractivity contribution in [3.8, 4) is 0 Å². The van der Waals surface area contributed by atoms with Crippen LogP contribution in [0.1, 0.15) is 27.7 Å². The van der Waals surface area contributed by atoms with E-state index in [1.54, 1.807) is 9.80 Å². The van der Waals surface area contributed by atoms with E-state index in [2.05, 4.69) is 0 Å². The minimum absolute atomic E-state index is 0.0625. The predicted molar refractivity (Wildman–Crippen MR) is 80.1 cm³/mol. The van der Waals surface area contributed by atoms with Crippen molar-refractivity contribution in [1.82, 2.24) is 9.80 Å². The first-order valence-corrected chi connectivity index (χ1v) is 7.70. The fraction of sp³-hybridized carbons (Fsp3) is 0.727. The maximum Gasteiger partial charge on any atom is 0.288 e. The summed E-state index contributed by atoms with van der Waals surface area (Å²) in [5.74, 6) is 0. The second kappa shape index (κ2) is 4.38. The largest absolute Gasteiger partial charge is 0.288 e. The molecule has 0 bridgehead atoms. The number of carbonyl (C=O) groups excluding carboxylic acids is 2. The minimum Gasteiger partial charge on any atom is -0.278 e. The van der Waals surface area contributed by atoms with Crippen molar-refractivity contribution in [1.29, 1.82) is 0 Å². The maximum absolute atomic E-state index is 11.9. The SMILES string of the molecule is CC1(C)CN(C(=S)N2CC(C)(C)SC2=O)C(=O)S1. The molecule has 2 amide bonds. The van der Waals surface area contributed by atoms with Crippen LogP contribution >= 0.6 is 35.7 Å². The van der Waals surface area contributed by atoms with Crippen LogP contribution in [0.2, 0.25) is 0 Å². The average molecular weight is 304 g/mol. The average Bonchev–Trinajstić information content (AvgIpc) is 2.61. The summed E-state index contributed by atoms with van der Waals surface area (Å²) in [7, 11) is 0. The molecule has 0 aromatic carbocycles. The number of thioether (sulfide) groups is 2. The Hall–Kier alpha value is -0.270. The van der Waals surface area contributed by atoms with Crippen LogP contribution in [0.15, 0.2) is 0 Å². The fourth-order valence-corrected chi connectivity index (χ4v) is 4.24. The summed E-state index contributed by atoms with van der Waals surface area (Å²) in [5.41, 5.74) is 0. The van der Waals surface area contributed by atoms with Gasteiger partial charge in [0.15, 0.2) is 5.11 Å². The maximum atomic E-state index is 11.9. The number of hydrogen-bond acceptors (Lipinski definition) is 5. The highest BCUT2D eigenvalue weighted by atomic mass is 32.2. The summed E-state index contributed by atoms with van der Waals surface area (Å²) in [6, 6.07) is 0. The number of hydrogen-bond donors (Lipinski definition) is 0. The molecular weight excluding hydrogens is 288 g/mol. The van der Waals surface area contributed by atoms with Crippen LogP contribution in [0.3, 0.4) is 0 Å². The molecular formula is C11H16N2O2S3. The Kier molecular flexibility index (Phi) is 3.44. The Morgan fingerprint density at radius 1 is 1.00 bits per heavy atom. The Morgan fingerprint density at radius 3 is 1.56 bits per heavy atom. The molecule has 0 saturated carbocycles. The van der Waals surface area contributed by atoms with Gasteiger partial charge in [0.25, 0.3) is 10.5 Å². The van der Waals surface area contributed by atoms with Gasteiger partial charge in [0.2, 0.25) is 0 Å². The van der Waals surface area contributed by atoms with Gasteiger partial charge in [-0.15, -0.1) is 0 Å². The monoisotopic (exact) mass is 304 g/mol. The van der Waals surface area contributed by atoms with E-state index in [4.69, 9.17) is 12.2 Å². The van der Waals surface area contributed by atoms with E-state index in [1.807, 2.05) is 27.7 Å². The predicted octanol–water partition coefficient (Wildman–Crippen LogP) is 3.17. The number of rotatable bonds is 0. The van der Waals surface area contributed by atoms with Gasteiger partial charge in [-0.1, -0.05) is 23.5 Å². The van der Waals surface area contributed by atoms with Crippen molar-refractivity contribution in [2.45, 2.75) is 37.2 Å². The van der Waals surface area contributed by atoms with Gasteiger partial charge in [0.1, 0.15) is 0 Å². The molecule has 2 saturated heterocycles. The molecule has 4 nitrogen and oxygen atoms in total. The van der Waals surface area contributed by atoms with E-state index in [1.165, 1.54) is 23.5 Å². The van der Waals surface area contributed by atoms with Crippen molar-refractivity contribution in [2.75, 3.05) is 13.1 Å².